The number of rotatable bonds is 6. The van der Waals surface area contributed by atoms with Crippen molar-refractivity contribution in [1.82, 2.24) is 19.7 Å². The van der Waals surface area contributed by atoms with Crippen LogP contribution >= 0.6 is 0 Å². The summed E-state index contributed by atoms with van der Waals surface area (Å²) in [6.07, 6.45) is 2.08. The lowest BCUT2D eigenvalue weighted by Gasteiger charge is -2.42. The van der Waals surface area contributed by atoms with E-state index >= 15 is 0 Å². The maximum atomic E-state index is 13.2. The van der Waals surface area contributed by atoms with E-state index in [4.69, 9.17) is 9.15 Å². The third kappa shape index (κ3) is 3.39. The first-order valence-electron chi connectivity index (χ1n) is 9.63. The number of urea groups is 1. The molecule has 0 aliphatic carbocycles. The van der Waals surface area contributed by atoms with Gasteiger partial charge in [0.25, 0.3) is 11.8 Å². The van der Waals surface area contributed by atoms with Crippen LogP contribution in [0.25, 0.3) is 0 Å². The van der Waals surface area contributed by atoms with Gasteiger partial charge in [0, 0.05) is 26.7 Å². The lowest BCUT2D eigenvalue weighted by atomic mass is 9.85. The minimum atomic E-state index is -0.884. The molecule has 154 valence electrons. The number of aryl methyl sites for hydroxylation is 1. The number of aromatic nitrogens is 1. The monoisotopic (exact) mass is 392 g/mol. The zero-order valence-electron chi connectivity index (χ0n) is 16.9. The molecule has 0 N–H and O–H groups in total. The molecule has 1 aromatic rings. The smallest absolute Gasteiger partial charge is 0.327 e. The average Bonchev–Trinajstić information content (AvgIpc) is 3.17. The molecule has 28 heavy (non-hydrogen) atoms. The average molecular weight is 392 g/mol. The third-order valence-corrected chi connectivity index (χ3v) is 5.51. The molecule has 2 aliphatic rings. The Labute approximate surface area is 164 Å². The molecule has 2 aliphatic heterocycles. The van der Waals surface area contributed by atoms with E-state index in [2.05, 4.69) is 4.98 Å². The van der Waals surface area contributed by atoms with Gasteiger partial charge >= 0.3 is 6.03 Å². The van der Waals surface area contributed by atoms with Crippen LogP contribution in [-0.4, -0.2) is 83.0 Å². The van der Waals surface area contributed by atoms with Gasteiger partial charge in [-0.25, -0.2) is 9.78 Å². The second kappa shape index (κ2) is 7.90. The molecule has 2 fully saturated rings. The largest absolute Gasteiger partial charge is 0.448 e. The number of imide groups is 1. The summed E-state index contributed by atoms with van der Waals surface area (Å²) in [4.78, 5) is 47.6. The second-order valence-electron chi connectivity index (χ2n) is 7.82. The zero-order chi connectivity index (χ0) is 20.5. The predicted octanol–water partition coefficient (Wildman–Crippen LogP) is 1.52. The molecule has 0 unspecified atom stereocenters. The topological polar surface area (TPSA) is 96.2 Å². The van der Waals surface area contributed by atoms with Crippen LogP contribution < -0.4 is 0 Å². The fourth-order valence-electron chi connectivity index (χ4n) is 4.00. The van der Waals surface area contributed by atoms with Crippen molar-refractivity contribution in [3.05, 3.63) is 17.8 Å². The highest BCUT2D eigenvalue weighted by atomic mass is 16.5. The van der Waals surface area contributed by atoms with Crippen molar-refractivity contribution in [2.75, 3.05) is 39.9 Å². The van der Waals surface area contributed by atoms with Gasteiger partial charge in [-0.05, 0) is 25.7 Å². The van der Waals surface area contributed by atoms with Gasteiger partial charge in [0.1, 0.15) is 11.3 Å². The van der Waals surface area contributed by atoms with Gasteiger partial charge in [0.05, 0.1) is 13.2 Å². The number of hydrogen-bond donors (Lipinski definition) is 0. The number of ether oxygens (including phenoxy) is 1. The van der Waals surface area contributed by atoms with E-state index in [9.17, 15) is 14.4 Å². The van der Waals surface area contributed by atoms with Gasteiger partial charge in [-0.15, -0.1) is 0 Å². The molecule has 1 spiro atoms. The number of methoxy groups -OCH3 is 1. The van der Waals surface area contributed by atoms with E-state index in [0.717, 1.165) is 0 Å². The molecule has 0 saturated carbocycles. The van der Waals surface area contributed by atoms with Gasteiger partial charge < -0.3 is 19.0 Å². The first-order chi connectivity index (χ1) is 13.3. The van der Waals surface area contributed by atoms with Gasteiger partial charge in [-0.3, -0.25) is 14.5 Å². The van der Waals surface area contributed by atoms with Gasteiger partial charge in [0.2, 0.25) is 0 Å². The molecule has 3 heterocycles. The molecule has 4 amide bonds. The molecule has 9 nitrogen and oxygen atoms in total. The Kier molecular flexibility index (Phi) is 5.74. The minimum absolute atomic E-state index is 0.181. The summed E-state index contributed by atoms with van der Waals surface area (Å²) in [6, 6.07) is -0.261. The van der Waals surface area contributed by atoms with Crippen LogP contribution in [0, 0.1) is 12.8 Å². The Morgan fingerprint density at radius 3 is 2.54 bits per heavy atom. The predicted molar refractivity (Wildman–Crippen MR) is 99.6 cm³/mol. The van der Waals surface area contributed by atoms with Crippen LogP contribution in [-0.2, 0) is 9.53 Å². The fraction of sp³-hybridized carbons (Fsp3) is 0.684. The molecule has 0 atom stereocenters. The molecular formula is C19H28N4O5. The van der Waals surface area contributed by atoms with E-state index in [1.807, 2.05) is 13.8 Å². The van der Waals surface area contributed by atoms with Crippen molar-refractivity contribution in [1.29, 1.82) is 0 Å². The van der Waals surface area contributed by atoms with E-state index in [-0.39, 0.29) is 30.3 Å². The Morgan fingerprint density at radius 1 is 1.32 bits per heavy atom. The maximum Gasteiger partial charge on any atom is 0.327 e. The summed E-state index contributed by atoms with van der Waals surface area (Å²) >= 11 is 0. The number of likely N-dealkylation sites (tertiary alicyclic amines) is 1. The van der Waals surface area contributed by atoms with Crippen LogP contribution in [0.15, 0.2) is 10.8 Å². The van der Waals surface area contributed by atoms with E-state index in [1.54, 1.807) is 23.8 Å². The van der Waals surface area contributed by atoms with Crippen LogP contribution in [0.3, 0.4) is 0 Å². The number of nitrogens with zero attached hydrogens (tertiary/aromatic N) is 4. The highest BCUT2D eigenvalue weighted by molar-refractivity contribution is 6.07. The summed E-state index contributed by atoms with van der Waals surface area (Å²) in [5.74, 6) is 0.322. The highest BCUT2D eigenvalue weighted by Crippen LogP contribution is 2.38. The first-order valence-corrected chi connectivity index (χ1v) is 9.63. The number of hydrogen-bond acceptors (Lipinski definition) is 6. The molecule has 0 radical (unpaired) electrons. The zero-order valence-corrected chi connectivity index (χ0v) is 16.9. The number of carbonyl (C=O) groups excluding carboxylic acids is 3. The molecule has 0 aromatic carbocycles. The van der Waals surface area contributed by atoms with Gasteiger partial charge in [-0.1, -0.05) is 13.8 Å². The molecule has 1 aromatic heterocycles. The third-order valence-electron chi connectivity index (χ3n) is 5.51. The Morgan fingerprint density at radius 2 is 2.00 bits per heavy atom. The van der Waals surface area contributed by atoms with E-state index in [1.165, 1.54) is 11.3 Å². The van der Waals surface area contributed by atoms with Crippen LogP contribution in [0.5, 0.6) is 0 Å². The highest BCUT2D eigenvalue weighted by Gasteiger charge is 2.58. The standard InChI is InChI=1S/C19H28N4O5/c1-13(2)11-23-18(26)22(9-10-27-4)17(25)19(23)5-7-21(8-6-19)16(24)15-14(3)28-12-20-15/h12-13H,5-11H2,1-4H3. The van der Waals surface area contributed by atoms with Crippen molar-refractivity contribution < 1.29 is 23.5 Å². The molecule has 9 heteroatoms. The summed E-state index contributed by atoms with van der Waals surface area (Å²) in [6.45, 7) is 7.57. The number of carbonyl (C=O) groups is 3. The summed E-state index contributed by atoms with van der Waals surface area (Å²) < 4.78 is 10.2. The summed E-state index contributed by atoms with van der Waals surface area (Å²) in [5.41, 5.74) is -0.587. The van der Waals surface area contributed by atoms with E-state index in [0.29, 0.717) is 50.5 Å². The SMILES string of the molecule is COCCN1C(=O)N(CC(C)C)C2(CCN(C(=O)c3ncoc3C)CC2)C1=O. The first kappa shape index (κ1) is 20.3. The Balaban J connectivity index is 1.79. The number of piperidine rings is 1. The van der Waals surface area contributed by atoms with Crippen LogP contribution in [0.4, 0.5) is 4.79 Å². The molecule has 0 bridgehead atoms. The lowest BCUT2D eigenvalue weighted by molar-refractivity contribution is -0.135. The quantitative estimate of drug-likeness (QED) is 0.681. The van der Waals surface area contributed by atoms with Gasteiger partial charge in [0.15, 0.2) is 12.1 Å². The molecular weight excluding hydrogens is 364 g/mol. The van der Waals surface area contributed by atoms with Crippen molar-refractivity contribution in [2.24, 2.45) is 5.92 Å². The minimum Gasteiger partial charge on any atom is -0.448 e. The maximum absolute atomic E-state index is 13.2. The number of oxazole rings is 1. The lowest BCUT2D eigenvalue weighted by Crippen LogP contribution is -2.58. The van der Waals surface area contributed by atoms with Crippen LogP contribution in [0.1, 0.15) is 42.9 Å². The Bertz CT molecular complexity index is 751. The second-order valence-corrected chi connectivity index (χ2v) is 7.82. The summed E-state index contributed by atoms with van der Waals surface area (Å²) in [5, 5.41) is 0. The normalized spacial score (nSPS) is 19.4. The van der Waals surface area contributed by atoms with Crippen LogP contribution in [0.2, 0.25) is 0 Å². The van der Waals surface area contributed by atoms with Crippen molar-refractivity contribution in [3.8, 4) is 0 Å². The van der Waals surface area contributed by atoms with E-state index < -0.39 is 5.54 Å². The van der Waals surface area contributed by atoms with Crippen molar-refractivity contribution in [2.45, 2.75) is 39.2 Å². The summed E-state index contributed by atoms with van der Waals surface area (Å²) in [7, 11) is 1.54. The van der Waals surface area contributed by atoms with Gasteiger partial charge in [-0.2, -0.15) is 0 Å². The Hall–Kier alpha value is -2.42. The number of amides is 4. The van der Waals surface area contributed by atoms with Crippen molar-refractivity contribution in [3.63, 3.8) is 0 Å². The fourth-order valence-corrected chi connectivity index (χ4v) is 4.00. The molecule has 2 saturated heterocycles. The molecule has 3 rings (SSSR count). The van der Waals surface area contributed by atoms with Crippen molar-refractivity contribution >= 4 is 17.8 Å².